The van der Waals surface area contributed by atoms with E-state index in [0.29, 0.717) is 12.3 Å². The Kier molecular flexibility index (Phi) is 6.09. The second kappa shape index (κ2) is 8.29. The Labute approximate surface area is 130 Å². The van der Waals surface area contributed by atoms with Crippen molar-refractivity contribution in [2.75, 3.05) is 25.0 Å². The van der Waals surface area contributed by atoms with Crippen LogP contribution in [0.3, 0.4) is 0 Å². The third-order valence-electron chi connectivity index (χ3n) is 3.46. The smallest absolute Gasteiger partial charge is 0.322 e. The molecule has 0 aliphatic rings. The predicted molar refractivity (Wildman–Crippen MR) is 85.4 cm³/mol. The first-order valence-electron chi connectivity index (χ1n) is 7.64. The third kappa shape index (κ3) is 4.66. The van der Waals surface area contributed by atoms with Crippen LogP contribution in [0.4, 0.5) is 6.01 Å². The van der Waals surface area contributed by atoms with Gasteiger partial charge in [-0.05, 0) is 38.2 Å². The number of carbonyl (C=O) groups is 1. The van der Waals surface area contributed by atoms with Gasteiger partial charge >= 0.3 is 6.01 Å². The Hall–Kier alpha value is -2.21. The van der Waals surface area contributed by atoms with Gasteiger partial charge in [0.2, 0.25) is 11.8 Å². The van der Waals surface area contributed by atoms with Gasteiger partial charge in [0.15, 0.2) is 0 Å². The van der Waals surface area contributed by atoms with Crippen LogP contribution < -0.4 is 5.32 Å². The maximum atomic E-state index is 11.9. The molecule has 0 atom stereocenters. The van der Waals surface area contributed by atoms with Crippen molar-refractivity contribution in [2.24, 2.45) is 0 Å². The lowest BCUT2D eigenvalue weighted by atomic mass is 10.2. The highest BCUT2D eigenvalue weighted by molar-refractivity contribution is 5.88. The highest BCUT2D eigenvalue weighted by Gasteiger charge is 2.11. The molecule has 0 aliphatic heterocycles. The first-order valence-corrected chi connectivity index (χ1v) is 7.64. The molecule has 0 unspecified atom stereocenters. The van der Waals surface area contributed by atoms with Crippen LogP contribution in [-0.2, 0) is 4.79 Å². The molecule has 0 fully saturated rings. The van der Waals surface area contributed by atoms with E-state index in [0.717, 1.165) is 31.6 Å². The van der Waals surface area contributed by atoms with Crippen LogP contribution >= 0.6 is 0 Å². The van der Waals surface area contributed by atoms with E-state index in [2.05, 4.69) is 34.3 Å². The molecule has 1 aromatic carbocycles. The summed E-state index contributed by atoms with van der Waals surface area (Å²) < 4.78 is 5.45. The minimum Gasteiger partial charge on any atom is -0.403 e. The summed E-state index contributed by atoms with van der Waals surface area (Å²) in [6, 6.07) is 9.60. The van der Waals surface area contributed by atoms with Gasteiger partial charge in [-0.25, -0.2) is 0 Å². The summed E-state index contributed by atoms with van der Waals surface area (Å²) in [5, 5.41) is 10.4. The van der Waals surface area contributed by atoms with Crippen molar-refractivity contribution in [3.05, 3.63) is 30.3 Å². The molecule has 0 saturated carbocycles. The van der Waals surface area contributed by atoms with Crippen molar-refractivity contribution in [3.8, 4) is 11.5 Å². The minimum absolute atomic E-state index is 0.101. The predicted octanol–water partition coefficient (Wildman–Crippen LogP) is 2.80. The molecule has 0 saturated heterocycles. The highest BCUT2D eigenvalue weighted by atomic mass is 16.4. The Morgan fingerprint density at radius 3 is 2.59 bits per heavy atom. The largest absolute Gasteiger partial charge is 0.403 e. The lowest BCUT2D eigenvalue weighted by Gasteiger charge is -2.17. The quantitative estimate of drug-likeness (QED) is 0.812. The lowest BCUT2D eigenvalue weighted by molar-refractivity contribution is -0.116. The third-order valence-corrected chi connectivity index (χ3v) is 3.46. The van der Waals surface area contributed by atoms with E-state index in [4.69, 9.17) is 4.42 Å². The number of aromatic nitrogens is 2. The molecule has 6 nitrogen and oxygen atoms in total. The van der Waals surface area contributed by atoms with Gasteiger partial charge in [0.25, 0.3) is 0 Å². The fraction of sp³-hybridized carbons (Fsp3) is 0.438. The summed E-state index contributed by atoms with van der Waals surface area (Å²) in [5.74, 6) is 0.300. The molecule has 6 heteroatoms. The van der Waals surface area contributed by atoms with Crippen LogP contribution in [0.5, 0.6) is 0 Å². The molecule has 1 N–H and O–H groups in total. The van der Waals surface area contributed by atoms with Crippen LogP contribution in [0.15, 0.2) is 34.7 Å². The van der Waals surface area contributed by atoms with Crippen LogP contribution in [-0.4, -0.2) is 40.6 Å². The molecule has 1 aromatic heterocycles. The lowest BCUT2D eigenvalue weighted by Crippen LogP contribution is -2.25. The summed E-state index contributed by atoms with van der Waals surface area (Å²) >= 11 is 0. The molecule has 2 rings (SSSR count). The molecule has 1 amide bonds. The fourth-order valence-corrected chi connectivity index (χ4v) is 2.16. The summed E-state index contributed by atoms with van der Waals surface area (Å²) in [6.45, 7) is 7.16. The zero-order valence-electron chi connectivity index (χ0n) is 13.1. The topological polar surface area (TPSA) is 71.3 Å². The summed E-state index contributed by atoms with van der Waals surface area (Å²) in [7, 11) is 0. The molecular weight excluding hydrogens is 280 g/mol. The second-order valence-corrected chi connectivity index (χ2v) is 4.96. The molecule has 0 bridgehead atoms. The van der Waals surface area contributed by atoms with Gasteiger partial charge in [-0.1, -0.05) is 37.1 Å². The van der Waals surface area contributed by atoms with Crippen LogP contribution in [0.1, 0.15) is 26.7 Å². The first-order chi connectivity index (χ1) is 10.7. The van der Waals surface area contributed by atoms with E-state index in [1.165, 1.54) is 0 Å². The maximum Gasteiger partial charge on any atom is 0.322 e. The van der Waals surface area contributed by atoms with Gasteiger partial charge in [-0.3, -0.25) is 10.1 Å². The Morgan fingerprint density at radius 2 is 1.91 bits per heavy atom. The second-order valence-electron chi connectivity index (χ2n) is 4.96. The van der Waals surface area contributed by atoms with Crippen molar-refractivity contribution < 1.29 is 9.21 Å². The van der Waals surface area contributed by atoms with Gasteiger partial charge < -0.3 is 9.32 Å². The average molecular weight is 302 g/mol. The van der Waals surface area contributed by atoms with Crippen molar-refractivity contribution in [3.63, 3.8) is 0 Å². The molecule has 22 heavy (non-hydrogen) atoms. The van der Waals surface area contributed by atoms with Crippen molar-refractivity contribution in [1.29, 1.82) is 0 Å². The van der Waals surface area contributed by atoms with Gasteiger partial charge in [0, 0.05) is 12.0 Å². The highest BCUT2D eigenvalue weighted by Crippen LogP contribution is 2.19. The number of carbonyl (C=O) groups excluding carboxylic acids is 1. The first kappa shape index (κ1) is 16.2. The van der Waals surface area contributed by atoms with Gasteiger partial charge in [-0.15, -0.1) is 5.10 Å². The number of rotatable bonds is 8. The zero-order valence-corrected chi connectivity index (χ0v) is 13.1. The van der Waals surface area contributed by atoms with E-state index in [-0.39, 0.29) is 11.9 Å². The normalized spacial score (nSPS) is 10.9. The molecule has 1 heterocycles. The van der Waals surface area contributed by atoms with E-state index >= 15 is 0 Å². The van der Waals surface area contributed by atoms with E-state index < -0.39 is 0 Å². The monoisotopic (exact) mass is 302 g/mol. The Bertz CT molecular complexity index is 579. The number of amides is 1. The van der Waals surface area contributed by atoms with Crippen LogP contribution in [0, 0.1) is 0 Å². The Morgan fingerprint density at radius 1 is 1.18 bits per heavy atom. The molecule has 0 radical (unpaired) electrons. The van der Waals surface area contributed by atoms with E-state index in [1.54, 1.807) is 0 Å². The van der Waals surface area contributed by atoms with Gasteiger partial charge in [0.1, 0.15) is 0 Å². The fourth-order valence-electron chi connectivity index (χ4n) is 2.16. The average Bonchev–Trinajstić information content (AvgIpc) is 3.01. The number of hydrogen-bond acceptors (Lipinski definition) is 5. The number of anilines is 1. The van der Waals surface area contributed by atoms with Crippen molar-refractivity contribution in [1.82, 2.24) is 15.1 Å². The molecule has 0 spiro atoms. The summed E-state index contributed by atoms with van der Waals surface area (Å²) in [4.78, 5) is 14.1. The van der Waals surface area contributed by atoms with Crippen molar-refractivity contribution in [2.45, 2.75) is 26.7 Å². The molecule has 0 aliphatic carbocycles. The SMILES string of the molecule is CCN(CC)CCCC(=O)Nc1nnc(-c2ccccc2)o1. The van der Waals surface area contributed by atoms with Crippen molar-refractivity contribution >= 4 is 11.9 Å². The number of nitrogens with one attached hydrogen (secondary N) is 1. The maximum absolute atomic E-state index is 11.9. The summed E-state index contributed by atoms with van der Waals surface area (Å²) in [5.41, 5.74) is 0.831. The molecular formula is C16H22N4O2. The Balaban J connectivity index is 1.81. The minimum atomic E-state index is -0.101. The number of nitrogens with zero attached hydrogens (tertiary/aromatic N) is 3. The van der Waals surface area contributed by atoms with E-state index in [9.17, 15) is 4.79 Å². The van der Waals surface area contributed by atoms with Crippen LogP contribution in [0.2, 0.25) is 0 Å². The zero-order chi connectivity index (χ0) is 15.8. The van der Waals surface area contributed by atoms with E-state index in [1.807, 2.05) is 30.3 Å². The standard InChI is InChI=1S/C16H22N4O2/c1-3-20(4-2)12-8-11-14(21)17-16-19-18-15(22-16)13-9-6-5-7-10-13/h5-7,9-10H,3-4,8,11-12H2,1-2H3,(H,17,19,21). The number of benzene rings is 1. The molecule has 118 valence electrons. The van der Waals surface area contributed by atoms with Crippen LogP contribution in [0.25, 0.3) is 11.5 Å². The molecule has 2 aromatic rings. The van der Waals surface area contributed by atoms with Gasteiger partial charge in [-0.2, -0.15) is 0 Å². The summed E-state index contributed by atoms with van der Waals surface area (Å²) in [6.07, 6.45) is 1.26. The number of hydrogen-bond donors (Lipinski definition) is 1. The van der Waals surface area contributed by atoms with Gasteiger partial charge in [0.05, 0.1) is 0 Å².